The van der Waals surface area contributed by atoms with Gasteiger partial charge in [-0.05, 0) is 12.3 Å². The molecule has 1 unspecified atom stereocenters. The van der Waals surface area contributed by atoms with Gasteiger partial charge in [0.05, 0.1) is 0 Å². The lowest BCUT2D eigenvalue weighted by molar-refractivity contribution is 0.493. The van der Waals surface area contributed by atoms with Crippen molar-refractivity contribution in [1.29, 1.82) is 0 Å². The van der Waals surface area contributed by atoms with Crippen molar-refractivity contribution in [3.63, 3.8) is 0 Å². The molecule has 1 atom stereocenters. The fourth-order valence-corrected chi connectivity index (χ4v) is 0.731. The first-order valence-corrected chi connectivity index (χ1v) is 3.22. The van der Waals surface area contributed by atoms with Crippen LogP contribution in [-0.2, 0) is 0 Å². The molecule has 1 heterocycles. The molecule has 0 bridgehead atoms. The Kier molecular flexibility index (Phi) is 1.88. The molecule has 2 heteroatoms. The zero-order valence-electron chi connectivity index (χ0n) is 5.91. The van der Waals surface area contributed by atoms with E-state index >= 15 is 0 Å². The minimum absolute atomic E-state index is 0.638. The van der Waals surface area contributed by atoms with Crippen molar-refractivity contribution in [3.8, 4) is 0 Å². The van der Waals surface area contributed by atoms with Crippen LogP contribution in [0.2, 0.25) is 0 Å². The molecule has 1 aliphatic heterocycles. The lowest BCUT2D eigenvalue weighted by atomic mass is 10.1. The molecule has 1 aliphatic rings. The number of rotatable bonds is 0. The number of hydrogen-bond donors (Lipinski definition) is 0. The minimum Gasteiger partial charge on any atom is -0.277 e. The third-order valence-corrected chi connectivity index (χ3v) is 1.37. The zero-order valence-corrected chi connectivity index (χ0v) is 5.91. The van der Waals surface area contributed by atoms with Crippen LogP contribution in [0.25, 0.3) is 0 Å². The fourth-order valence-electron chi connectivity index (χ4n) is 0.731. The van der Waals surface area contributed by atoms with Crippen LogP contribution in [0.4, 0.5) is 0 Å². The van der Waals surface area contributed by atoms with Gasteiger partial charge in [0.1, 0.15) is 0 Å². The van der Waals surface area contributed by atoms with Gasteiger partial charge in [0, 0.05) is 19.5 Å². The fraction of sp³-hybridized carbons (Fsp3) is 0.571. The summed E-state index contributed by atoms with van der Waals surface area (Å²) in [6.45, 7) is 2.18. The van der Waals surface area contributed by atoms with Crippen molar-refractivity contribution < 1.29 is 0 Å². The van der Waals surface area contributed by atoms with Crippen molar-refractivity contribution in [2.24, 2.45) is 11.0 Å². The van der Waals surface area contributed by atoms with Gasteiger partial charge in [0.15, 0.2) is 0 Å². The highest BCUT2D eigenvalue weighted by Gasteiger charge is 1.97. The summed E-state index contributed by atoms with van der Waals surface area (Å²) >= 11 is 0. The van der Waals surface area contributed by atoms with Crippen LogP contribution in [0, 0.1) is 5.92 Å². The molecule has 0 N–H and O–H groups in total. The monoisotopic (exact) mass is 124 g/mol. The summed E-state index contributed by atoms with van der Waals surface area (Å²) in [7, 11) is 1.94. The summed E-state index contributed by atoms with van der Waals surface area (Å²) in [5.41, 5.74) is 0. The van der Waals surface area contributed by atoms with Crippen LogP contribution in [0.1, 0.15) is 13.3 Å². The van der Waals surface area contributed by atoms with Gasteiger partial charge >= 0.3 is 0 Å². The first-order chi connectivity index (χ1) is 4.29. The Morgan fingerprint density at radius 2 is 2.44 bits per heavy atom. The van der Waals surface area contributed by atoms with Crippen molar-refractivity contribution in [1.82, 2.24) is 5.01 Å². The lowest BCUT2D eigenvalue weighted by Crippen LogP contribution is -1.98. The molecule has 0 aromatic rings. The Bertz CT molecular complexity index is 138. The minimum atomic E-state index is 0.638. The Morgan fingerprint density at radius 3 is 3.22 bits per heavy atom. The number of hydrazone groups is 1. The molecule has 9 heavy (non-hydrogen) atoms. The maximum atomic E-state index is 4.10. The second kappa shape index (κ2) is 2.67. The van der Waals surface area contributed by atoms with E-state index < -0.39 is 0 Å². The second-order valence-electron chi connectivity index (χ2n) is 2.43. The molecule has 0 aromatic carbocycles. The SMILES string of the molecule is CC1C=CN(C)N=CC1. The maximum Gasteiger partial charge on any atom is 0.0296 e. The Labute approximate surface area is 55.9 Å². The molecule has 0 spiro atoms. The number of hydrogen-bond acceptors (Lipinski definition) is 2. The van der Waals surface area contributed by atoms with Crippen molar-refractivity contribution in [2.45, 2.75) is 13.3 Å². The second-order valence-corrected chi connectivity index (χ2v) is 2.43. The average Bonchev–Trinajstić information content (AvgIpc) is 1.97. The quantitative estimate of drug-likeness (QED) is 0.477. The predicted octanol–water partition coefficient (Wildman–Crippen LogP) is 1.46. The van der Waals surface area contributed by atoms with E-state index in [4.69, 9.17) is 0 Å². The summed E-state index contributed by atoms with van der Waals surface area (Å²) in [5, 5.41) is 5.92. The summed E-state index contributed by atoms with van der Waals surface area (Å²) < 4.78 is 0. The highest BCUT2D eigenvalue weighted by molar-refractivity contribution is 5.57. The third kappa shape index (κ3) is 1.88. The molecule has 1 rings (SSSR count). The van der Waals surface area contributed by atoms with E-state index in [1.807, 2.05) is 24.5 Å². The van der Waals surface area contributed by atoms with Gasteiger partial charge in [-0.1, -0.05) is 13.0 Å². The summed E-state index contributed by atoms with van der Waals surface area (Å²) in [6, 6.07) is 0. The Morgan fingerprint density at radius 1 is 1.67 bits per heavy atom. The standard InChI is InChI=1S/C7H12N2/c1-7-3-5-8-9(2)6-4-7/h4-7H,3H2,1-2H3. The topological polar surface area (TPSA) is 15.6 Å². The smallest absolute Gasteiger partial charge is 0.0296 e. The van der Waals surface area contributed by atoms with Gasteiger partial charge < -0.3 is 0 Å². The van der Waals surface area contributed by atoms with Gasteiger partial charge in [-0.15, -0.1) is 0 Å². The van der Waals surface area contributed by atoms with Gasteiger partial charge in [-0.2, -0.15) is 5.10 Å². The van der Waals surface area contributed by atoms with Gasteiger partial charge in [-0.3, -0.25) is 5.01 Å². The van der Waals surface area contributed by atoms with Gasteiger partial charge in [0.25, 0.3) is 0 Å². The molecule has 2 nitrogen and oxygen atoms in total. The van der Waals surface area contributed by atoms with E-state index in [0.29, 0.717) is 5.92 Å². The highest BCUT2D eigenvalue weighted by atomic mass is 15.4. The van der Waals surface area contributed by atoms with Gasteiger partial charge in [-0.25, -0.2) is 0 Å². The van der Waals surface area contributed by atoms with Crippen LogP contribution in [0.3, 0.4) is 0 Å². The molecule has 0 aromatic heterocycles. The summed E-state index contributed by atoms with van der Waals surface area (Å²) in [6.07, 6.45) is 7.16. The first-order valence-electron chi connectivity index (χ1n) is 3.22. The van der Waals surface area contributed by atoms with E-state index in [1.54, 1.807) is 0 Å². The Balaban J connectivity index is 2.58. The molecular formula is C7H12N2. The maximum absolute atomic E-state index is 4.10. The molecule has 0 aliphatic carbocycles. The largest absolute Gasteiger partial charge is 0.277 e. The average molecular weight is 124 g/mol. The third-order valence-electron chi connectivity index (χ3n) is 1.37. The lowest BCUT2D eigenvalue weighted by Gasteiger charge is -2.01. The van der Waals surface area contributed by atoms with E-state index in [1.165, 1.54) is 0 Å². The van der Waals surface area contributed by atoms with E-state index in [0.717, 1.165) is 6.42 Å². The van der Waals surface area contributed by atoms with Crippen LogP contribution in [0.15, 0.2) is 17.4 Å². The molecule has 0 saturated heterocycles. The molecule has 0 amide bonds. The van der Waals surface area contributed by atoms with E-state index in [-0.39, 0.29) is 0 Å². The predicted molar refractivity (Wildman–Crippen MR) is 39.2 cm³/mol. The van der Waals surface area contributed by atoms with Crippen LogP contribution < -0.4 is 0 Å². The summed E-state index contributed by atoms with van der Waals surface area (Å²) in [4.78, 5) is 0. The van der Waals surface area contributed by atoms with Crippen LogP contribution >= 0.6 is 0 Å². The molecule has 0 fully saturated rings. The number of allylic oxidation sites excluding steroid dienone is 1. The molecule has 0 saturated carbocycles. The van der Waals surface area contributed by atoms with E-state index in [2.05, 4.69) is 18.1 Å². The van der Waals surface area contributed by atoms with Crippen LogP contribution in [0.5, 0.6) is 0 Å². The van der Waals surface area contributed by atoms with Crippen LogP contribution in [-0.4, -0.2) is 18.3 Å². The molecule has 0 radical (unpaired) electrons. The Hall–Kier alpha value is -0.790. The van der Waals surface area contributed by atoms with Crippen molar-refractivity contribution in [2.75, 3.05) is 7.05 Å². The normalized spacial score (nSPS) is 26.4. The zero-order chi connectivity index (χ0) is 6.69. The number of nitrogens with zero attached hydrogens (tertiary/aromatic N) is 2. The molecular weight excluding hydrogens is 112 g/mol. The summed E-state index contributed by atoms with van der Waals surface area (Å²) in [5.74, 6) is 0.638. The highest BCUT2D eigenvalue weighted by Crippen LogP contribution is 2.05. The van der Waals surface area contributed by atoms with Crippen molar-refractivity contribution >= 4 is 6.21 Å². The van der Waals surface area contributed by atoms with Crippen molar-refractivity contribution in [3.05, 3.63) is 12.3 Å². The van der Waals surface area contributed by atoms with Gasteiger partial charge in [0.2, 0.25) is 0 Å². The van der Waals surface area contributed by atoms with E-state index in [9.17, 15) is 0 Å². The molecule has 50 valence electrons. The first kappa shape index (κ1) is 6.33.